The molecule has 9 nitrogen and oxygen atoms in total. The molecule has 2 aromatic heterocycles. The second kappa shape index (κ2) is 4.42. The van der Waals surface area contributed by atoms with E-state index in [9.17, 15) is 5.11 Å². The fraction of sp³-hybridized carbons (Fsp3) is 0.667. The number of aromatic nitrogens is 4. The molecule has 1 saturated carbocycles. The predicted molar refractivity (Wildman–Crippen MR) is 81.7 cm³/mol. The molecule has 0 radical (unpaired) electrons. The van der Waals surface area contributed by atoms with Crippen LogP contribution in [0, 0.1) is 0 Å². The molecule has 5 rings (SSSR count). The van der Waals surface area contributed by atoms with Gasteiger partial charge in [-0.15, -0.1) is 0 Å². The molecule has 0 aromatic carbocycles. The van der Waals surface area contributed by atoms with Gasteiger partial charge in [-0.25, -0.2) is 15.0 Å². The van der Waals surface area contributed by atoms with Gasteiger partial charge in [0.2, 0.25) is 0 Å². The molecule has 3 N–H and O–H groups in total. The largest absolute Gasteiger partial charge is 0.393 e. The quantitative estimate of drug-likeness (QED) is 0.767. The molecule has 3 aliphatic rings. The average molecular weight is 333 g/mol. The Kier molecular flexibility index (Phi) is 2.68. The Morgan fingerprint density at radius 1 is 1.21 bits per heavy atom. The number of imidazole rings is 1. The van der Waals surface area contributed by atoms with Crippen LogP contribution in [0.1, 0.15) is 32.9 Å². The number of ether oxygens (including phenoxy) is 3. The van der Waals surface area contributed by atoms with Gasteiger partial charge in [-0.2, -0.15) is 0 Å². The Morgan fingerprint density at radius 3 is 2.75 bits per heavy atom. The van der Waals surface area contributed by atoms with Gasteiger partial charge in [-0.05, 0) is 13.8 Å². The van der Waals surface area contributed by atoms with Gasteiger partial charge >= 0.3 is 0 Å². The van der Waals surface area contributed by atoms with Crippen molar-refractivity contribution >= 4 is 17.0 Å². The number of aliphatic hydroxyl groups excluding tert-OH is 1. The van der Waals surface area contributed by atoms with Crippen LogP contribution >= 0.6 is 0 Å². The van der Waals surface area contributed by atoms with Crippen molar-refractivity contribution in [1.82, 2.24) is 19.5 Å². The molecule has 9 heteroatoms. The SMILES string of the molecule is CC1(C)O[C@H]2[C@H](n3cnc4c(N)ncnc43)OC3(CC(O)C3)[C@H]2O1. The van der Waals surface area contributed by atoms with Gasteiger partial charge in [0.1, 0.15) is 29.7 Å². The first-order valence-electron chi connectivity index (χ1n) is 8.03. The Bertz CT molecular complexity index is 815. The molecule has 4 heterocycles. The van der Waals surface area contributed by atoms with Crippen molar-refractivity contribution in [1.29, 1.82) is 0 Å². The Balaban J connectivity index is 1.59. The lowest BCUT2D eigenvalue weighted by molar-refractivity contribution is -0.251. The van der Waals surface area contributed by atoms with Crippen molar-refractivity contribution in [3.05, 3.63) is 12.7 Å². The number of nitrogens with zero attached hydrogens (tertiary/aromatic N) is 4. The number of hydrogen-bond donors (Lipinski definition) is 2. The van der Waals surface area contributed by atoms with E-state index >= 15 is 0 Å². The van der Waals surface area contributed by atoms with Crippen LogP contribution in [-0.2, 0) is 14.2 Å². The van der Waals surface area contributed by atoms with E-state index in [0.717, 1.165) is 0 Å². The lowest BCUT2D eigenvalue weighted by Gasteiger charge is -2.45. The summed E-state index contributed by atoms with van der Waals surface area (Å²) in [5, 5.41) is 9.82. The topological polar surface area (TPSA) is 118 Å². The van der Waals surface area contributed by atoms with Crippen molar-refractivity contribution < 1.29 is 19.3 Å². The highest BCUT2D eigenvalue weighted by Crippen LogP contribution is 2.56. The number of nitrogen functional groups attached to an aromatic ring is 1. The molecule has 2 saturated heterocycles. The summed E-state index contributed by atoms with van der Waals surface area (Å²) in [6, 6.07) is 0. The van der Waals surface area contributed by atoms with E-state index in [2.05, 4.69) is 15.0 Å². The fourth-order valence-electron chi connectivity index (χ4n) is 4.12. The third-order valence-corrected chi connectivity index (χ3v) is 5.11. The fourth-order valence-corrected chi connectivity index (χ4v) is 4.12. The number of rotatable bonds is 1. The zero-order chi connectivity index (χ0) is 16.7. The highest BCUT2D eigenvalue weighted by molar-refractivity contribution is 5.81. The number of hydrogen-bond acceptors (Lipinski definition) is 8. The monoisotopic (exact) mass is 333 g/mol. The predicted octanol–water partition coefficient (Wildman–Crippen LogP) is 0.351. The first-order chi connectivity index (χ1) is 11.4. The van der Waals surface area contributed by atoms with E-state index in [1.807, 2.05) is 18.4 Å². The van der Waals surface area contributed by atoms with E-state index in [1.165, 1.54) is 6.33 Å². The Labute approximate surface area is 137 Å². The van der Waals surface area contributed by atoms with Crippen LogP contribution in [0.2, 0.25) is 0 Å². The summed E-state index contributed by atoms with van der Waals surface area (Å²) in [5.74, 6) is -0.374. The second-order valence-corrected chi connectivity index (χ2v) is 7.24. The van der Waals surface area contributed by atoms with Gasteiger partial charge in [-0.3, -0.25) is 4.57 Å². The number of anilines is 1. The summed E-state index contributed by atoms with van der Waals surface area (Å²) in [7, 11) is 0. The highest BCUT2D eigenvalue weighted by Gasteiger charge is 2.67. The molecular formula is C15H19N5O4. The van der Waals surface area contributed by atoms with Gasteiger partial charge < -0.3 is 25.1 Å². The maximum atomic E-state index is 9.82. The number of nitrogens with two attached hydrogens (primary N) is 1. The van der Waals surface area contributed by atoms with E-state index in [0.29, 0.717) is 29.8 Å². The minimum Gasteiger partial charge on any atom is -0.393 e. The lowest BCUT2D eigenvalue weighted by atomic mass is 9.73. The Morgan fingerprint density at radius 2 is 2.00 bits per heavy atom. The molecule has 24 heavy (non-hydrogen) atoms. The lowest BCUT2D eigenvalue weighted by Crippen LogP contribution is -2.55. The third-order valence-electron chi connectivity index (χ3n) is 5.11. The van der Waals surface area contributed by atoms with E-state index < -0.39 is 17.6 Å². The molecule has 1 spiro atoms. The van der Waals surface area contributed by atoms with Gasteiger partial charge in [-0.1, -0.05) is 0 Å². The van der Waals surface area contributed by atoms with Gasteiger partial charge in [0.25, 0.3) is 0 Å². The summed E-state index contributed by atoms with van der Waals surface area (Å²) in [6.45, 7) is 3.77. The van der Waals surface area contributed by atoms with Crippen LogP contribution < -0.4 is 5.73 Å². The molecule has 1 aliphatic carbocycles. The highest BCUT2D eigenvalue weighted by atomic mass is 16.8. The van der Waals surface area contributed by atoms with Crippen LogP contribution in [0.15, 0.2) is 12.7 Å². The van der Waals surface area contributed by atoms with Gasteiger partial charge in [0, 0.05) is 12.8 Å². The summed E-state index contributed by atoms with van der Waals surface area (Å²) in [5.41, 5.74) is 6.47. The minimum absolute atomic E-state index is 0.238. The Hall–Kier alpha value is -1.81. The molecule has 3 atom stereocenters. The number of aliphatic hydroxyl groups is 1. The van der Waals surface area contributed by atoms with Crippen LogP contribution in [0.4, 0.5) is 5.82 Å². The summed E-state index contributed by atoms with van der Waals surface area (Å²) < 4.78 is 20.3. The molecule has 0 amide bonds. The first-order valence-corrected chi connectivity index (χ1v) is 8.03. The maximum absolute atomic E-state index is 9.82. The standard InChI is InChI=1S/C15H19N5O4/c1-14(2)22-9-10(23-14)15(3-7(21)4-15)24-13(9)20-6-19-8-11(16)17-5-18-12(8)20/h5-7,9-10,13,21H,3-4H2,1-2H3,(H2,16,17,18)/t7?,9-,10+,13-,15?/m1/s1. The molecule has 2 aromatic rings. The summed E-state index contributed by atoms with van der Waals surface area (Å²) in [6.07, 6.45) is 2.76. The summed E-state index contributed by atoms with van der Waals surface area (Å²) in [4.78, 5) is 12.6. The van der Waals surface area contributed by atoms with Gasteiger partial charge in [0.05, 0.1) is 12.4 Å². The van der Waals surface area contributed by atoms with Crippen LogP contribution in [0.5, 0.6) is 0 Å². The zero-order valence-corrected chi connectivity index (χ0v) is 13.4. The first kappa shape index (κ1) is 14.5. The van der Waals surface area contributed by atoms with Crippen molar-refractivity contribution in [2.24, 2.45) is 0 Å². The third kappa shape index (κ3) is 1.80. The second-order valence-electron chi connectivity index (χ2n) is 7.24. The minimum atomic E-state index is -0.699. The molecule has 0 unspecified atom stereocenters. The maximum Gasteiger partial charge on any atom is 0.167 e. The molecule has 3 fully saturated rings. The van der Waals surface area contributed by atoms with Crippen molar-refractivity contribution in [2.75, 3.05) is 5.73 Å². The number of fused-ring (bicyclic) bond motifs is 3. The zero-order valence-electron chi connectivity index (χ0n) is 13.4. The van der Waals surface area contributed by atoms with Crippen LogP contribution in [0.3, 0.4) is 0 Å². The van der Waals surface area contributed by atoms with Gasteiger partial charge in [0.15, 0.2) is 23.5 Å². The van der Waals surface area contributed by atoms with Crippen molar-refractivity contribution in [3.63, 3.8) is 0 Å². The smallest absolute Gasteiger partial charge is 0.167 e. The van der Waals surface area contributed by atoms with Crippen LogP contribution in [0.25, 0.3) is 11.2 Å². The normalized spacial score (nSPS) is 40.1. The van der Waals surface area contributed by atoms with Crippen molar-refractivity contribution in [3.8, 4) is 0 Å². The molecule has 128 valence electrons. The molecule has 0 bridgehead atoms. The van der Waals surface area contributed by atoms with Crippen LogP contribution in [-0.4, -0.2) is 54.3 Å². The molecule has 2 aliphatic heterocycles. The molecular weight excluding hydrogens is 314 g/mol. The summed E-state index contributed by atoms with van der Waals surface area (Å²) >= 11 is 0. The van der Waals surface area contributed by atoms with E-state index in [-0.39, 0.29) is 18.3 Å². The van der Waals surface area contributed by atoms with E-state index in [1.54, 1.807) is 6.33 Å². The van der Waals surface area contributed by atoms with E-state index in [4.69, 9.17) is 19.9 Å². The average Bonchev–Trinajstić information content (AvgIpc) is 3.11. The van der Waals surface area contributed by atoms with Crippen molar-refractivity contribution in [2.45, 2.75) is 62.6 Å².